The summed E-state index contributed by atoms with van der Waals surface area (Å²) in [7, 11) is 0. The van der Waals surface area contributed by atoms with E-state index >= 15 is 0 Å². The first-order chi connectivity index (χ1) is 10.8. The third-order valence-electron chi connectivity index (χ3n) is 3.21. The molecule has 0 N–H and O–H groups in total. The van der Waals surface area contributed by atoms with E-state index in [1.54, 1.807) is 0 Å². The standard InChI is InChI=1S/C20H32O2.Ag/c1-2-3-4-5-6-7-8-9-10-11-12-13-14-15-16-17-18-19-20(21)22;/h6-7,9-10,12-13,15-16H,2-5,8,11,14,17-19H2,1H3,(H,21,22);/q;+1/p-1/b7-6-,10-9-,13-12-,16-15-;. The maximum absolute atomic E-state index is 10.2. The third-order valence-corrected chi connectivity index (χ3v) is 3.21. The number of allylic oxidation sites excluding steroid dienone is 8. The number of hydrogen-bond acceptors (Lipinski definition) is 2. The molecular weight excluding hydrogens is 380 g/mol. The molecule has 0 fully saturated rings. The number of unbranched alkanes of at least 4 members (excludes halogenated alkanes) is 4. The number of hydrogen-bond donors (Lipinski definition) is 0. The van der Waals surface area contributed by atoms with Crippen LogP contribution in [0.15, 0.2) is 48.6 Å². The molecule has 0 saturated heterocycles. The molecule has 0 saturated carbocycles. The van der Waals surface area contributed by atoms with Gasteiger partial charge in [0, 0.05) is 5.97 Å². The van der Waals surface area contributed by atoms with Gasteiger partial charge in [0.1, 0.15) is 0 Å². The van der Waals surface area contributed by atoms with Gasteiger partial charge in [-0.25, -0.2) is 0 Å². The van der Waals surface area contributed by atoms with E-state index in [0.29, 0.717) is 6.42 Å². The van der Waals surface area contributed by atoms with Gasteiger partial charge < -0.3 is 9.90 Å². The zero-order chi connectivity index (χ0) is 16.3. The molecule has 0 spiro atoms. The van der Waals surface area contributed by atoms with Gasteiger partial charge in [-0.1, -0.05) is 68.4 Å². The van der Waals surface area contributed by atoms with Crippen molar-refractivity contribution in [1.29, 1.82) is 0 Å². The van der Waals surface area contributed by atoms with E-state index < -0.39 is 5.97 Å². The molecule has 134 valence electrons. The van der Waals surface area contributed by atoms with E-state index in [2.05, 4.69) is 49.5 Å². The van der Waals surface area contributed by atoms with Gasteiger partial charge in [0.25, 0.3) is 0 Å². The first-order valence-corrected chi connectivity index (χ1v) is 8.57. The Morgan fingerprint density at radius 3 is 1.61 bits per heavy atom. The van der Waals surface area contributed by atoms with E-state index in [1.807, 2.05) is 6.08 Å². The minimum absolute atomic E-state index is 0. The Hall–Kier alpha value is -0.830. The zero-order valence-electron chi connectivity index (χ0n) is 14.3. The molecule has 0 amide bonds. The number of carbonyl (C=O) groups is 1. The van der Waals surface area contributed by atoms with Crippen molar-refractivity contribution in [2.75, 3.05) is 0 Å². The van der Waals surface area contributed by atoms with Crippen LogP contribution in [0.4, 0.5) is 0 Å². The minimum Gasteiger partial charge on any atom is -0.550 e. The number of carboxylic acid groups (broad SMARTS) is 1. The molecule has 0 unspecified atom stereocenters. The van der Waals surface area contributed by atoms with Crippen LogP contribution >= 0.6 is 0 Å². The fourth-order valence-corrected chi connectivity index (χ4v) is 1.93. The fraction of sp³-hybridized carbons (Fsp3) is 0.550. The van der Waals surface area contributed by atoms with Crippen molar-refractivity contribution in [2.24, 2.45) is 0 Å². The predicted octanol–water partition coefficient (Wildman–Crippen LogP) is 4.88. The number of carboxylic acids is 1. The molecule has 0 aliphatic carbocycles. The maximum Gasteiger partial charge on any atom is 1.00 e. The van der Waals surface area contributed by atoms with Crippen LogP contribution in [0, 0.1) is 0 Å². The first-order valence-electron chi connectivity index (χ1n) is 8.57. The average Bonchev–Trinajstić information content (AvgIpc) is 2.50. The summed E-state index contributed by atoms with van der Waals surface area (Å²) in [5, 5.41) is 10.2. The number of rotatable bonds is 14. The van der Waals surface area contributed by atoms with Crippen molar-refractivity contribution in [2.45, 2.75) is 71.1 Å². The molecular formula is C20H31AgO2. The summed E-state index contributed by atoms with van der Waals surface area (Å²) in [6, 6.07) is 0. The molecule has 3 heteroatoms. The Kier molecular flexibility index (Phi) is 22.5. The van der Waals surface area contributed by atoms with Crippen LogP contribution in [-0.2, 0) is 27.2 Å². The second-order valence-corrected chi connectivity index (χ2v) is 5.35. The molecule has 0 atom stereocenters. The van der Waals surface area contributed by atoms with Crippen molar-refractivity contribution in [3.05, 3.63) is 48.6 Å². The Balaban J connectivity index is 0. The molecule has 2 nitrogen and oxygen atoms in total. The summed E-state index contributed by atoms with van der Waals surface area (Å²) >= 11 is 0. The number of carbonyl (C=O) groups excluding carboxylic acids is 1. The zero-order valence-corrected chi connectivity index (χ0v) is 15.8. The summed E-state index contributed by atoms with van der Waals surface area (Å²) in [6.07, 6.45) is 27.0. The molecule has 0 aromatic carbocycles. The van der Waals surface area contributed by atoms with Crippen LogP contribution < -0.4 is 5.11 Å². The van der Waals surface area contributed by atoms with Gasteiger partial charge in [0.05, 0.1) is 0 Å². The molecule has 0 aliphatic heterocycles. The normalized spacial score (nSPS) is 11.9. The van der Waals surface area contributed by atoms with Crippen molar-refractivity contribution in [3.8, 4) is 0 Å². The van der Waals surface area contributed by atoms with Gasteiger partial charge in [-0.05, 0) is 51.4 Å². The van der Waals surface area contributed by atoms with Gasteiger partial charge >= 0.3 is 22.4 Å². The van der Waals surface area contributed by atoms with Crippen molar-refractivity contribution < 1.29 is 32.3 Å². The van der Waals surface area contributed by atoms with Gasteiger partial charge in [-0.3, -0.25) is 0 Å². The Labute approximate surface area is 158 Å². The van der Waals surface area contributed by atoms with Crippen LogP contribution in [0.5, 0.6) is 0 Å². The summed E-state index contributed by atoms with van der Waals surface area (Å²) in [6.45, 7) is 2.23. The smallest absolute Gasteiger partial charge is 0.550 e. The monoisotopic (exact) mass is 410 g/mol. The topological polar surface area (TPSA) is 40.1 Å². The van der Waals surface area contributed by atoms with Crippen molar-refractivity contribution in [3.63, 3.8) is 0 Å². The van der Waals surface area contributed by atoms with Crippen LogP contribution in [0.25, 0.3) is 0 Å². The van der Waals surface area contributed by atoms with E-state index in [1.165, 1.54) is 25.7 Å². The minimum atomic E-state index is -0.962. The van der Waals surface area contributed by atoms with E-state index in [9.17, 15) is 9.90 Å². The second-order valence-electron chi connectivity index (χ2n) is 5.35. The predicted molar refractivity (Wildman–Crippen MR) is 93.4 cm³/mol. The summed E-state index contributed by atoms with van der Waals surface area (Å²) in [5.41, 5.74) is 0. The Morgan fingerprint density at radius 2 is 1.17 bits per heavy atom. The first kappa shape index (κ1) is 24.4. The van der Waals surface area contributed by atoms with Crippen LogP contribution in [0.3, 0.4) is 0 Å². The second kappa shape index (κ2) is 21.2. The Bertz CT molecular complexity index is 368. The molecule has 0 aliphatic rings. The summed E-state index contributed by atoms with van der Waals surface area (Å²) in [4.78, 5) is 10.2. The van der Waals surface area contributed by atoms with Gasteiger partial charge in [-0.2, -0.15) is 0 Å². The van der Waals surface area contributed by atoms with Crippen LogP contribution in [0.2, 0.25) is 0 Å². The molecule has 0 radical (unpaired) electrons. The quantitative estimate of drug-likeness (QED) is 0.232. The van der Waals surface area contributed by atoms with Crippen LogP contribution in [-0.4, -0.2) is 5.97 Å². The Morgan fingerprint density at radius 1 is 0.739 bits per heavy atom. The van der Waals surface area contributed by atoms with Gasteiger partial charge in [0.2, 0.25) is 0 Å². The van der Waals surface area contributed by atoms with Gasteiger partial charge in [-0.15, -0.1) is 0 Å². The summed E-state index contributed by atoms with van der Waals surface area (Å²) < 4.78 is 0. The van der Waals surface area contributed by atoms with E-state index in [4.69, 9.17) is 0 Å². The molecule has 0 aromatic heterocycles. The third kappa shape index (κ3) is 23.6. The van der Waals surface area contributed by atoms with Crippen LogP contribution in [0.1, 0.15) is 71.1 Å². The maximum atomic E-state index is 10.2. The van der Waals surface area contributed by atoms with Crippen molar-refractivity contribution >= 4 is 5.97 Å². The number of aliphatic carboxylic acids is 1. The largest absolute Gasteiger partial charge is 1.00 e. The molecule has 0 rings (SSSR count). The molecule has 0 bridgehead atoms. The van der Waals surface area contributed by atoms with E-state index in [-0.39, 0.29) is 28.8 Å². The summed E-state index contributed by atoms with van der Waals surface area (Å²) in [5.74, 6) is -0.962. The molecule has 0 aromatic rings. The van der Waals surface area contributed by atoms with Gasteiger partial charge in [0.15, 0.2) is 0 Å². The fourth-order valence-electron chi connectivity index (χ4n) is 1.93. The SMILES string of the molecule is CCCCC/C=C\C/C=C\C/C=C\C/C=C\CCCC(=O)[O-].[Ag+]. The molecule has 23 heavy (non-hydrogen) atoms. The average molecular weight is 411 g/mol. The molecule has 0 heterocycles. The van der Waals surface area contributed by atoms with E-state index in [0.717, 1.165) is 25.7 Å². The van der Waals surface area contributed by atoms with Crippen molar-refractivity contribution in [1.82, 2.24) is 0 Å².